The van der Waals surface area contributed by atoms with Crippen LogP contribution in [0.25, 0.3) is 0 Å². The van der Waals surface area contributed by atoms with E-state index >= 15 is 9.59 Å². The first-order valence-electron chi connectivity index (χ1n) is 28.2. The Balaban J connectivity index is 1.13. The van der Waals surface area contributed by atoms with Crippen molar-refractivity contribution >= 4 is 53.4 Å². The molecule has 2 aliphatic heterocycles. The van der Waals surface area contributed by atoms with E-state index in [0.717, 1.165) is 13.8 Å². The molecule has 2 bridgehead atoms. The van der Waals surface area contributed by atoms with Crippen molar-refractivity contribution in [2.45, 2.75) is 165 Å². The van der Waals surface area contributed by atoms with Gasteiger partial charge in [0.15, 0.2) is 29.9 Å². The fourth-order valence-electron chi connectivity index (χ4n) is 12.7. The molecule has 2 heterocycles. The zero-order chi connectivity index (χ0) is 62.6. The Hall–Kier alpha value is -7.49. The van der Waals surface area contributed by atoms with E-state index in [1.165, 1.54) is 64.1 Å². The van der Waals surface area contributed by atoms with E-state index in [1.807, 2.05) is 0 Å². The molecule has 3 aliphatic carbocycles. The van der Waals surface area contributed by atoms with E-state index in [4.69, 9.17) is 37.9 Å². The topological polar surface area (TPSA) is 373 Å². The van der Waals surface area contributed by atoms with Gasteiger partial charge in [-0.25, -0.2) is 9.59 Å². The van der Waals surface area contributed by atoms with Gasteiger partial charge in [-0.3, -0.25) is 33.6 Å². The third-order valence-electron chi connectivity index (χ3n) is 17.3. The second-order valence-corrected chi connectivity index (χ2v) is 23.0. The van der Waals surface area contributed by atoms with Crippen molar-refractivity contribution in [2.24, 2.45) is 16.7 Å². The van der Waals surface area contributed by atoms with Crippen molar-refractivity contribution in [3.8, 4) is 0 Å². The number of rotatable bonds is 20. The van der Waals surface area contributed by atoms with E-state index in [2.05, 4.69) is 10.6 Å². The first-order valence-corrected chi connectivity index (χ1v) is 28.2. The smallest absolute Gasteiger partial charge is 0.350 e. The number of carbonyl (C=O) groups excluding carboxylic acids is 9. The lowest BCUT2D eigenvalue weighted by atomic mass is 9.44. The predicted octanol–water partition coefficient (Wildman–Crippen LogP) is 1.31. The minimum Gasteiger partial charge on any atom is -0.456 e. The first-order chi connectivity index (χ1) is 40.7. The second-order valence-electron chi connectivity index (χ2n) is 23.0. The Bertz CT molecular complexity index is 3070. The molecule has 8 rings (SSSR count). The molecule has 4 fully saturated rings. The maximum atomic E-state index is 15.8. The number of ketones is 1. The van der Waals surface area contributed by atoms with Crippen molar-refractivity contribution in [2.75, 3.05) is 19.8 Å². The average molecular weight is 1200 g/mol. The van der Waals surface area contributed by atoms with Crippen LogP contribution in [0.2, 0.25) is 0 Å². The van der Waals surface area contributed by atoms with Crippen molar-refractivity contribution in [3.05, 3.63) is 119 Å². The summed E-state index contributed by atoms with van der Waals surface area (Å²) >= 11 is 0. The summed E-state index contributed by atoms with van der Waals surface area (Å²) in [5.41, 5.74) is -8.17. The molecule has 2 amide bonds. The van der Waals surface area contributed by atoms with Crippen LogP contribution in [0, 0.1) is 16.7 Å². The van der Waals surface area contributed by atoms with Crippen LogP contribution in [0.5, 0.6) is 0 Å². The molecular formula is C61H72N2O23. The van der Waals surface area contributed by atoms with Crippen molar-refractivity contribution in [1.29, 1.82) is 0 Å². The predicted molar refractivity (Wildman–Crippen MR) is 293 cm³/mol. The normalized spacial score (nSPS) is 31.4. The monoisotopic (exact) mass is 1200 g/mol. The van der Waals surface area contributed by atoms with E-state index in [-0.39, 0.29) is 53.6 Å². The van der Waals surface area contributed by atoms with Gasteiger partial charge in [0.05, 0.1) is 42.6 Å². The number of ether oxygens (including phenoxy) is 8. The fraction of sp³-hybridized carbons (Fsp3) is 0.525. The molecule has 2 saturated carbocycles. The van der Waals surface area contributed by atoms with Gasteiger partial charge in [0.1, 0.15) is 48.3 Å². The number of carbonyl (C=O) groups is 9. The second kappa shape index (κ2) is 26.2. The zero-order valence-corrected chi connectivity index (χ0v) is 48.2. The lowest BCUT2D eigenvalue weighted by Crippen LogP contribution is -2.82. The number of nitrogens with one attached hydrogen (secondary N) is 2. The fourth-order valence-corrected chi connectivity index (χ4v) is 12.7. The minimum atomic E-state index is -2.56. The van der Waals surface area contributed by atoms with Crippen LogP contribution in [-0.4, -0.2) is 182 Å². The lowest BCUT2D eigenvalue weighted by molar-refractivity contribution is -0.346. The van der Waals surface area contributed by atoms with E-state index in [1.54, 1.807) is 54.6 Å². The van der Waals surface area contributed by atoms with E-state index in [9.17, 15) is 64.2 Å². The van der Waals surface area contributed by atoms with Gasteiger partial charge in [-0.15, -0.1) is 0 Å². The molecule has 2 saturated heterocycles. The van der Waals surface area contributed by atoms with Gasteiger partial charge in [-0.1, -0.05) is 80.6 Å². The van der Waals surface area contributed by atoms with Crippen LogP contribution < -0.4 is 10.6 Å². The number of Topliss-reactive ketones (excluding diaryl/α,β-unsaturated/α-hetero) is 1. The Morgan fingerprint density at radius 3 is 1.98 bits per heavy atom. The molecule has 0 radical (unpaired) electrons. The number of fused-ring (bicyclic) bond motifs is 5. The number of amides is 2. The summed E-state index contributed by atoms with van der Waals surface area (Å²) in [6.45, 7) is 6.65. The summed E-state index contributed by atoms with van der Waals surface area (Å²) in [5.74, 6) is -10.4. The third kappa shape index (κ3) is 12.7. The first kappa shape index (κ1) is 64.5. The standard InChI is InChI=1S/C61H72N2O23/c1-31-37(28-61(78)53(85-55(75)36-21-14-9-15-22-36)51-59(6,39(67)27-40-60(51,30-79-40)86-33(3)66)52(73)48(80-32(2)65)44(31)58(61,4)5)81-57(77)49(45(34-17-10-7-11-18-34)63-54(74)35-19-12-8-13-20-35)83-43(70)25-24-41(68)62-26-16-23-42(69)84-50-46(71)38(29-64)82-56(76)47(50)72/h7-15,17-22,37-40,45-51,53,56,64,67,71-72,76,78H,16,23-30H2,1-6H3,(H,62,68)(H,63,74)/t37-,38+,39-,40+,45-,46+,47+,48+,49+,50-,51?,53-,56?,59+,60-,61+/m0/s1. The SMILES string of the molecule is CC(=O)O[C@H]1C(=O)[C@@]2(C)C([C@H](OC(=O)c3ccccc3)[C@]3(O)C[C@H](OC(=O)[C@H](OC(=O)CCC(=O)NCCCC(=O)O[C@H]4[C@H](O)[C@@H](CO)OC(O)[C@@H]4O)[C@@H](NC(=O)c4ccccc4)c4ccccc4)C(C)=C1C3(C)C)[C@]1(OC(C)=O)CO[C@@H]1C[C@@H]2O. The van der Waals surface area contributed by atoms with Crippen LogP contribution in [0.4, 0.5) is 0 Å². The molecule has 16 atom stereocenters. The van der Waals surface area contributed by atoms with Crippen molar-refractivity contribution < 1.29 is 112 Å². The van der Waals surface area contributed by atoms with Crippen LogP contribution in [0.15, 0.2) is 102 Å². The van der Waals surface area contributed by atoms with Crippen LogP contribution in [-0.2, 0) is 71.5 Å². The van der Waals surface area contributed by atoms with Gasteiger partial charge >= 0.3 is 35.8 Å². The van der Waals surface area contributed by atoms with Gasteiger partial charge in [-0.05, 0) is 61.2 Å². The summed E-state index contributed by atoms with van der Waals surface area (Å²) in [4.78, 5) is 126. The highest BCUT2D eigenvalue weighted by Gasteiger charge is 2.78. The number of hydrogen-bond donors (Lipinski definition) is 8. The molecule has 8 N–H and O–H groups in total. The van der Waals surface area contributed by atoms with Gasteiger partial charge < -0.3 is 79.2 Å². The molecule has 3 aromatic carbocycles. The number of aliphatic hydroxyl groups excluding tert-OH is 5. The number of aliphatic hydroxyl groups is 6. The molecule has 2 unspecified atom stereocenters. The quantitative estimate of drug-likeness (QED) is 0.0342. The maximum absolute atomic E-state index is 15.8. The van der Waals surface area contributed by atoms with Crippen LogP contribution >= 0.6 is 0 Å². The largest absolute Gasteiger partial charge is 0.456 e. The Morgan fingerprint density at radius 2 is 1.38 bits per heavy atom. The molecular weight excluding hydrogens is 1130 g/mol. The molecule has 3 aromatic rings. The van der Waals surface area contributed by atoms with Gasteiger partial charge in [-0.2, -0.15) is 0 Å². The highest BCUT2D eigenvalue weighted by Crippen LogP contribution is 2.64. The maximum Gasteiger partial charge on any atom is 0.350 e. The van der Waals surface area contributed by atoms with Crippen molar-refractivity contribution in [1.82, 2.24) is 10.6 Å². The van der Waals surface area contributed by atoms with E-state index in [0.29, 0.717) is 0 Å². The summed E-state index contributed by atoms with van der Waals surface area (Å²) in [7, 11) is 0. The summed E-state index contributed by atoms with van der Waals surface area (Å²) in [6.07, 6.45) is -21.5. The highest BCUT2D eigenvalue weighted by atomic mass is 16.7. The summed E-state index contributed by atoms with van der Waals surface area (Å²) in [5, 5.41) is 71.6. The molecule has 25 nitrogen and oxygen atoms in total. The van der Waals surface area contributed by atoms with Gasteiger partial charge in [0, 0.05) is 57.1 Å². The van der Waals surface area contributed by atoms with Gasteiger partial charge in [0.2, 0.25) is 12.0 Å². The number of benzene rings is 3. The minimum absolute atomic E-state index is 0.00686. The molecule has 464 valence electrons. The van der Waals surface area contributed by atoms with Crippen molar-refractivity contribution in [3.63, 3.8) is 0 Å². The Labute approximate surface area is 494 Å². The van der Waals surface area contributed by atoms with E-state index < -0.39 is 187 Å². The zero-order valence-electron chi connectivity index (χ0n) is 48.2. The van der Waals surface area contributed by atoms with Crippen LogP contribution in [0.3, 0.4) is 0 Å². The van der Waals surface area contributed by atoms with Crippen LogP contribution in [0.1, 0.15) is 112 Å². The molecule has 5 aliphatic rings. The summed E-state index contributed by atoms with van der Waals surface area (Å²) in [6, 6.07) is 21.8. The molecule has 0 aromatic heterocycles. The third-order valence-corrected chi connectivity index (χ3v) is 17.3. The average Bonchev–Trinajstić information content (AvgIpc) is 0.677. The lowest BCUT2D eigenvalue weighted by Gasteiger charge is -2.67. The summed E-state index contributed by atoms with van der Waals surface area (Å²) < 4.78 is 46.8. The highest BCUT2D eigenvalue weighted by molar-refractivity contribution is 5.96. The molecule has 86 heavy (non-hydrogen) atoms. The van der Waals surface area contributed by atoms with Gasteiger partial charge in [0.25, 0.3) is 5.91 Å². The molecule has 25 heteroatoms. The number of esters is 6. The Morgan fingerprint density at radius 1 is 0.756 bits per heavy atom. The number of hydrogen-bond acceptors (Lipinski definition) is 23. The molecule has 0 spiro atoms. The Kier molecular flexibility index (Phi) is 19.7.